The Balaban J connectivity index is 2.09. The van der Waals surface area contributed by atoms with Gasteiger partial charge in [-0.25, -0.2) is 12.8 Å². The molecule has 118 valence electrons. The summed E-state index contributed by atoms with van der Waals surface area (Å²) in [4.78, 5) is 1.93. The Hall–Kier alpha value is -1.02. The summed E-state index contributed by atoms with van der Waals surface area (Å²) >= 11 is 0. The van der Waals surface area contributed by atoms with E-state index in [4.69, 9.17) is 5.73 Å². The minimum Gasteiger partial charge on any atom is -0.326 e. The molecule has 0 aromatic heterocycles. The van der Waals surface area contributed by atoms with Gasteiger partial charge in [-0.2, -0.15) is 4.31 Å². The summed E-state index contributed by atoms with van der Waals surface area (Å²) in [5, 5.41) is 0. The average molecular weight is 315 g/mol. The SMILES string of the molecule is CN(CCN1CCCC1)S(=O)(=O)c1ccc(CN)cc1F. The first-order valence-electron chi connectivity index (χ1n) is 7.12. The van der Waals surface area contributed by atoms with Crippen molar-refractivity contribution < 1.29 is 12.8 Å². The molecule has 0 saturated carbocycles. The van der Waals surface area contributed by atoms with E-state index in [0.29, 0.717) is 18.7 Å². The first kappa shape index (κ1) is 16.4. The highest BCUT2D eigenvalue weighted by Crippen LogP contribution is 2.19. The van der Waals surface area contributed by atoms with Crippen LogP contribution in [0.3, 0.4) is 0 Å². The first-order chi connectivity index (χ1) is 9.95. The van der Waals surface area contributed by atoms with Crippen molar-refractivity contribution in [2.45, 2.75) is 24.3 Å². The molecule has 0 radical (unpaired) electrons. The number of halogens is 1. The fourth-order valence-corrected chi connectivity index (χ4v) is 3.66. The lowest BCUT2D eigenvalue weighted by molar-refractivity contribution is 0.309. The smallest absolute Gasteiger partial charge is 0.245 e. The minimum absolute atomic E-state index is 0.183. The number of sulfonamides is 1. The molecule has 0 spiro atoms. The summed E-state index contributed by atoms with van der Waals surface area (Å²) in [6.07, 6.45) is 2.32. The molecule has 5 nitrogen and oxygen atoms in total. The summed E-state index contributed by atoms with van der Waals surface area (Å²) in [7, 11) is -2.31. The molecule has 0 aliphatic carbocycles. The molecule has 21 heavy (non-hydrogen) atoms. The van der Waals surface area contributed by atoms with Crippen molar-refractivity contribution in [2.24, 2.45) is 5.73 Å². The van der Waals surface area contributed by atoms with Gasteiger partial charge in [-0.15, -0.1) is 0 Å². The van der Waals surface area contributed by atoms with Crippen LogP contribution < -0.4 is 5.73 Å². The Bertz CT molecular complexity index is 586. The number of likely N-dealkylation sites (tertiary alicyclic amines) is 1. The molecule has 0 unspecified atom stereocenters. The van der Waals surface area contributed by atoms with Crippen LogP contribution in [0, 0.1) is 5.82 Å². The number of hydrogen-bond acceptors (Lipinski definition) is 4. The van der Waals surface area contributed by atoms with E-state index in [0.717, 1.165) is 25.9 Å². The van der Waals surface area contributed by atoms with E-state index in [1.165, 1.54) is 23.5 Å². The topological polar surface area (TPSA) is 66.6 Å². The molecule has 1 fully saturated rings. The summed E-state index contributed by atoms with van der Waals surface area (Å²) in [6, 6.07) is 4.02. The van der Waals surface area contributed by atoms with E-state index in [1.54, 1.807) is 6.07 Å². The third kappa shape index (κ3) is 3.79. The Morgan fingerprint density at radius 3 is 2.57 bits per heavy atom. The molecule has 1 aliphatic heterocycles. The molecule has 1 saturated heterocycles. The average Bonchev–Trinajstić information content (AvgIpc) is 2.97. The first-order valence-corrected chi connectivity index (χ1v) is 8.56. The summed E-state index contributed by atoms with van der Waals surface area (Å²) in [6.45, 7) is 3.24. The monoisotopic (exact) mass is 315 g/mol. The number of nitrogens with two attached hydrogens (primary N) is 1. The molecule has 0 amide bonds. The largest absolute Gasteiger partial charge is 0.326 e. The van der Waals surface area contributed by atoms with Crippen molar-refractivity contribution in [3.05, 3.63) is 29.6 Å². The maximum Gasteiger partial charge on any atom is 0.245 e. The Morgan fingerprint density at radius 2 is 2.00 bits per heavy atom. The van der Waals surface area contributed by atoms with Gasteiger partial charge in [0.15, 0.2) is 0 Å². The third-order valence-corrected chi connectivity index (χ3v) is 5.74. The Labute approximate surface area is 125 Å². The summed E-state index contributed by atoms with van der Waals surface area (Å²) < 4.78 is 40.0. The van der Waals surface area contributed by atoms with E-state index in [1.807, 2.05) is 0 Å². The molecule has 0 atom stereocenters. The summed E-state index contributed by atoms with van der Waals surface area (Å²) in [5.74, 6) is -0.744. The predicted octanol–water partition coefficient (Wildman–Crippen LogP) is 1.00. The van der Waals surface area contributed by atoms with Crippen molar-refractivity contribution in [1.82, 2.24) is 9.21 Å². The van der Waals surface area contributed by atoms with Gasteiger partial charge in [0.25, 0.3) is 0 Å². The van der Waals surface area contributed by atoms with Crippen LogP contribution >= 0.6 is 0 Å². The van der Waals surface area contributed by atoms with Crippen molar-refractivity contribution in [3.8, 4) is 0 Å². The van der Waals surface area contributed by atoms with E-state index >= 15 is 0 Å². The van der Waals surface area contributed by atoms with Crippen molar-refractivity contribution in [1.29, 1.82) is 0 Å². The van der Waals surface area contributed by atoms with Gasteiger partial charge in [0.05, 0.1) is 0 Å². The zero-order valence-corrected chi connectivity index (χ0v) is 13.1. The molecule has 1 aromatic carbocycles. The quantitative estimate of drug-likeness (QED) is 0.850. The highest BCUT2D eigenvalue weighted by molar-refractivity contribution is 7.89. The number of benzene rings is 1. The fraction of sp³-hybridized carbons (Fsp3) is 0.571. The van der Waals surface area contributed by atoms with Gasteiger partial charge >= 0.3 is 0 Å². The number of hydrogen-bond donors (Lipinski definition) is 1. The zero-order valence-electron chi connectivity index (χ0n) is 12.3. The Kier molecular flexibility index (Phi) is 5.32. The molecule has 0 bridgehead atoms. The van der Waals surface area contributed by atoms with Gasteiger partial charge in [-0.3, -0.25) is 0 Å². The predicted molar refractivity (Wildman–Crippen MR) is 79.8 cm³/mol. The van der Waals surface area contributed by atoms with E-state index in [-0.39, 0.29) is 11.4 Å². The van der Waals surface area contributed by atoms with Crippen LogP contribution in [-0.2, 0) is 16.6 Å². The Morgan fingerprint density at radius 1 is 1.33 bits per heavy atom. The van der Waals surface area contributed by atoms with Crippen LogP contribution in [0.5, 0.6) is 0 Å². The maximum atomic E-state index is 14.0. The molecule has 2 N–H and O–H groups in total. The molecule has 1 heterocycles. The second kappa shape index (κ2) is 6.83. The van der Waals surface area contributed by atoms with Crippen LogP contribution in [0.1, 0.15) is 18.4 Å². The molecule has 2 rings (SSSR count). The number of likely N-dealkylation sites (N-methyl/N-ethyl adjacent to an activating group) is 1. The van der Waals surface area contributed by atoms with Crippen molar-refractivity contribution >= 4 is 10.0 Å². The summed E-state index contributed by atoms with van der Waals surface area (Å²) in [5.41, 5.74) is 6.00. The number of rotatable bonds is 6. The van der Waals surface area contributed by atoms with Crippen LogP contribution in [0.25, 0.3) is 0 Å². The van der Waals surface area contributed by atoms with Gasteiger partial charge in [-0.05, 0) is 43.6 Å². The normalized spacial score (nSPS) is 16.8. The van der Waals surface area contributed by atoms with Gasteiger partial charge in [0.1, 0.15) is 10.7 Å². The lowest BCUT2D eigenvalue weighted by Gasteiger charge is -2.21. The standard InChI is InChI=1S/C14H22FN3O2S/c1-17(8-9-18-6-2-3-7-18)21(19,20)14-5-4-12(11-16)10-13(14)15/h4-5,10H,2-3,6-9,11,16H2,1H3. The second-order valence-corrected chi connectivity index (χ2v) is 7.36. The molecular formula is C14H22FN3O2S. The van der Waals surface area contributed by atoms with Crippen LogP contribution in [0.2, 0.25) is 0 Å². The van der Waals surface area contributed by atoms with Gasteiger partial charge < -0.3 is 10.6 Å². The third-order valence-electron chi connectivity index (χ3n) is 3.85. The van der Waals surface area contributed by atoms with E-state index in [9.17, 15) is 12.8 Å². The second-order valence-electron chi connectivity index (χ2n) is 5.34. The highest BCUT2D eigenvalue weighted by atomic mass is 32.2. The molecule has 7 heteroatoms. The lowest BCUT2D eigenvalue weighted by atomic mass is 10.2. The van der Waals surface area contributed by atoms with E-state index in [2.05, 4.69) is 4.90 Å². The molecule has 1 aliphatic rings. The van der Waals surface area contributed by atoms with Gasteiger partial charge in [0.2, 0.25) is 10.0 Å². The van der Waals surface area contributed by atoms with Crippen LogP contribution in [0.4, 0.5) is 4.39 Å². The van der Waals surface area contributed by atoms with Crippen molar-refractivity contribution in [2.75, 3.05) is 33.2 Å². The zero-order chi connectivity index (χ0) is 15.5. The highest BCUT2D eigenvalue weighted by Gasteiger charge is 2.25. The van der Waals surface area contributed by atoms with Gasteiger partial charge in [-0.1, -0.05) is 6.07 Å². The fourth-order valence-electron chi connectivity index (χ4n) is 2.46. The van der Waals surface area contributed by atoms with Crippen LogP contribution in [-0.4, -0.2) is 50.8 Å². The van der Waals surface area contributed by atoms with Gasteiger partial charge in [0, 0.05) is 26.7 Å². The lowest BCUT2D eigenvalue weighted by Crippen LogP contribution is -2.35. The van der Waals surface area contributed by atoms with Crippen LogP contribution in [0.15, 0.2) is 23.1 Å². The maximum absolute atomic E-state index is 14.0. The minimum atomic E-state index is -3.80. The van der Waals surface area contributed by atoms with Crippen molar-refractivity contribution in [3.63, 3.8) is 0 Å². The van der Waals surface area contributed by atoms with E-state index < -0.39 is 15.8 Å². The molecular weight excluding hydrogens is 293 g/mol. The number of nitrogens with zero attached hydrogens (tertiary/aromatic N) is 2. The molecule has 1 aromatic rings.